The quantitative estimate of drug-likeness (QED) is 0.672. The van der Waals surface area contributed by atoms with Crippen LogP contribution in [0, 0.1) is 5.92 Å². The monoisotopic (exact) mass is 360 g/mol. The Morgan fingerprint density at radius 2 is 1.85 bits per heavy atom. The largest absolute Gasteiger partial charge is 0.350 e. The first kappa shape index (κ1) is 19.9. The Morgan fingerprint density at radius 1 is 1.15 bits per heavy atom. The number of amides is 3. The minimum atomic E-state index is -0.618. The molecule has 1 fully saturated rings. The SMILES string of the molecule is CC(C)[C@H](N)C(=O)NCC(=O)NCc1ccc(N2CCCCC2=O)cc1. The van der Waals surface area contributed by atoms with Crippen molar-refractivity contribution in [3.05, 3.63) is 29.8 Å². The highest BCUT2D eigenvalue weighted by Gasteiger charge is 2.19. The summed E-state index contributed by atoms with van der Waals surface area (Å²) in [5.41, 5.74) is 7.54. The molecule has 1 heterocycles. The van der Waals surface area contributed by atoms with Crippen LogP contribution in [-0.4, -0.2) is 36.9 Å². The highest BCUT2D eigenvalue weighted by Crippen LogP contribution is 2.21. The second kappa shape index (κ2) is 9.33. The van der Waals surface area contributed by atoms with Crippen LogP contribution in [0.2, 0.25) is 0 Å². The zero-order chi connectivity index (χ0) is 19.1. The van der Waals surface area contributed by atoms with Gasteiger partial charge in [0.2, 0.25) is 17.7 Å². The number of carbonyl (C=O) groups is 3. The van der Waals surface area contributed by atoms with Crippen molar-refractivity contribution < 1.29 is 14.4 Å². The number of carbonyl (C=O) groups excluding carboxylic acids is 3. The number of hydrogen-bond acceptors (Lipinski definition) is 4. The molecule has 142 valence electrons. The molecule has 1 aliphatic rings. The minimum Gasteiger partial charge on any atom is -0.350 e. The summed E-state index contributed by atoms with van der Waals surface area (Å²) < 4.78 is 0. The van der Waals surface area contributed by atoms with Crippen molar-refractivity contribution in [1.29, 1.82) is 0 Å². The summed E-state index contributed by atoms with van der Waals surface area (Å²) in [6.45, 7) is 4.72. The van der Waals surface area contributed by atoms with Crippen molar-refractivity contribution in [2.24, 2.45) is 11.7 Å². The smallest absolute Gasteiger partial charge is 0.239 e. The summed E-state index contributed by atoms with van der Waals surface area (Å²) in [5.74, 6) is -0.425. The third-order valence-corrected chi connectivity index (χ3v) is 4.51. The van der Waals surface area contributed by atoms with E-state index in [1.807, 2.05) is 38.1 Å². The molecule has 7 nitrogen and oxygen atoms in total. The molecule has 1 aromatic carbocycles. The highest BCUT2D eigenvalue weighted by molar-refractivity contribution is 5.94. The molecule has 0 saturated carbocycles. The van der Waals surface area contributed by atoms with Crippen LogP contribution in [0.3, 0.4) is 0 Å². The molecule has 2 rings (SSSR count). The number of anilines is 1. The van der Waals surface area contributed by atoms with Gasteiger partial charge in [0.1, 0.15) is 0 Å². The first-order valence-corrected chi connectivity index (χ1v) is 9.07. The van der Waals surface area contributed by atoms with Gasteiger partial charge < -0.3 is 21.3 Å². The summed E-state index contributed by atoms with van der Waals surface area (Å²) in [7, 11) is 0. The number of hydrogen-bond donors (Lipinski definition) is 3. The van der Waals surface area contributed by atoms with Crippen LogP contribution in [0.5, 0.6) is 0 Å². The lowest BCUT2D eigenvalue weighted by Gasteiger charge is -2.26. The van der Waals surface area contributed by atoms with Crippen LogP contribution >= 0.6 is 0 Å². The van der Waals surface area contributed by atoms with E-state index < -0.39 is 6.04 Å². The molecule has 1 saturated heterocycles. The van der Waals surface area contributed by atoms with Crippen molar-refractivity contribution in [1.82, 2.24) is 10.6 Å². The Kier molecular flexibility index (Phi) is 7.15. The van der Waals surface area contributed by atoms with Gasteiger partial charge >= 0.3 is 0 Å². The molecule has 1 atom stereocenters. The molecule has 26 heavy (non-hydrogen) atoms. The second-order valence-electron chi connectivity index (χ2n) is 6.93. The Labute approximate surface area is 154 Å². The van der Waals surface area contributed by atoms with Gasteiger partial charge in [0.15, 0.2) is 0 Å². The molecule has 1 aromatic rings. The predicted octanol–water partition coefficient (Wildman–Crippen LogP) is 0.919. The fraction of sp³-hybridized carbons (Fsp3) is 0.526. The van der Waals surface area contributed by atoms with Crippen molar-refractivity contribution in [2.75, 3.05) is 18.0 Å². The first-order chi connectivity index (χ1) is 12.4. The summed E-state index contributed by atoms with van der Waals surface area (Å²) in [5, 5.41) is 5.29. The Balaban J connectivity index is 1.78. The third-order valence-electron chi connectivity index (χ3n) is 4.51. The maximum absolute atomic E-state index is 11.9. The first-order valence-electron chi connectivity index (χ1n) is 9.07. The number of nitrogens with zero attached hydrogens (tertiary/aromatic N) is 1. The van der Waals surface area contributed by atoms with E-state index in [1.165, 1.54) is 0 Å². The summed E-state index contributed by atoms with van der Waals surface area (Å²) in [6.07, 6.45) is 2.58. The fourth-order valence-corrected chi connectivity index (χ4v) is 2.72. The fourth-order valence-electron chi connectivity index (χ4n) is 2.72. The topological polar surface area (TPSA) is 105 Å². The van der Waals surface area contributed by atoms with Crippen molar-refractivity contribution >= 4 is 23.4 Å². The number of piperidine rings is 1. The minimum absolute atomic E-state index is 0.0170. The Bertz CT molecular complexity index is 643. The molecular formula is C19H28N4O3. The predicted molar refractivity (Wildman–Crippen MR) is 100 cm³/mol. The zero-order valence-electron chi connectivity index (χ0n) is 15.5. The standard InChI is InChI=1S/C19H28N4O3/c1-13(2)18(20)19(26)22-12-16(24)21-11-14-6-8-15(9-7-14)23-10-4-3-5-17(23)25/h6-9,13,18H,3-5,10-12,20H2,1-2H3,(H,21,24)(H,22,26)/t18-/m0/s1. The van der Waals surface area contributed by atoms with Crippen LogP contribution in [0.1, 0.15) is 38.7 Å². The van der Waals surface area contributed by atoms with Gasteiger partial charge in [0.25, 0.3) is 0 Å². The summed E-state index contributed by atoms with van der Waals surface area (Å²) in [4.78, 5) is 37.3. The lowest BCUT2D eigenvalue weighted by atomic mass is 10.1. The van der Waals surface area contributed by atoms with E-state index in [9.17, 15) is 14.4 Å². The average molecular weight is 360 g/mol. The maximum Gasteiger partial charge on any atom is 0.239 e. The molecule has 1 aliphatic heterocycles. The van der Waals surface area contributed by atoms with Crippen LogP contribution in [0.25, 0.3) is 0 Å². The summed E-state index contributed by atoms with van der Waals surface area (Å²) >= 11 is 0. The van der Waals surface area contributed by atoms with Gasteiger partial charge in [-0.2, -0.15) is 0 Å². The lowest BCUT2D eigenvalue weighted by molar-refractivity contribution is -0.127. The van der Waals surface area contributed by atoms with E-state index >= 15 is 0 Å². The number of nitrogens with two attached hydrogens (primary N) is 1. The van der Waals surface area contributed by atoms with Crippen molar-refractivity contribution in [2.45, 2.75) is 45.7 Å². The molecule has 3 amide bonds. The molecule has 7 heteroatoms. The van der Waals surface area contributed by atoms with Crippen LogP contribution in [-0.2, 0) is 20.9 Å². The Morgan fingerprint density at radius 3 is 2.46 bits per heavy atom. The number of rotatable bonds is 7. The van der Waals surface area contributed by atoms with Gasteiger partial charge in [0.05, 0.1) is 12.6 Å². The maximum atomic E-state index is 11.9. The van der Waals surface area contributed by atoms with Gasteiger partial charge in [0, 0.05) is 25.2 Å². The molecule has 0 aliphatic carbocycles. The van der Waals surface area contributed by atoms with E-state index in [0.29, 0.717) is 13.0 Å². The molecule has 0 bridgehead atoms. The molecule has 0 radical (unpaired) electrons. The number of nitrogens with one attached hydrogen (secondary N) is 2. The second-order valence-corrected chi connectivity index (χ2v) is 6.93. The van der Waals surface area contributed by atoms with Gasteiger partial charge in [-0.25, -0.2) is 0 Å². The lowest BCUT2D eigenvalue weighted by Crippen LogP contribution is -2.47. The van der Waals surface area contributed by atoms with Crippen LogP contribution < -0.4 is 21.3 Å². The van der Waals surface area contributed by atoms with E-state index in [-0.39, 0.29) is 30.2 Å². The van der Waals surface area contributed by atoms with E-state index in [2.05, 4.69) is 10.6 Å². The van der Waals surface area contributed by atoms with Gasteiger partial charge in [-0.3, -0.25) is 14.4 Å². The highest BCUT2D eigenvalue weighted by atomic mass is 16.2. The van der Waals surface area contributed by atoms with E-state index in [0.717, 1.165) is 30.6 Å². The molecule has 0 aromatic heterocycles. The van der Waals surface area contributed by atoms with Crippen molar-refractivity contribution in [3.8, 4) is 0 Å². The van der Waals surface area contributed by atoms with Crippen molar-refractivity contribution in [3.63, 3.8) is 0 Å². The van der Waals surface area contributed by atoms with Gasteiger partial charge in [-0.15, -0.1) is 0 Å². The number of benzene rings is 1. The molecule has 0 spiro atoms. The van der Waals surface area contributed by atoms with Gasteiger partial charge in [-0.05, 0) is 36.5 Å². The third kappa shape index (κ3) is 5.56. The van der Waals surface area contributed by atoms with Gasteiger partial charge in [-0.1, -0.05) is 26.0 Å². The average Bonchev–Trinajstić information content (AvgIpc) is 2.64. The molecule has 4 N–H and O–H groups in total. The van der Waals surface area contributed by atoms with Crippen LogP contribution in [0.15, 0.2) is 24.3 Å². The van der Waals surface area contributed by atoms with Crippen LogP contribution in [0.4, 0.5) is 5.69 Å². The van der Waals surface area contributed by atoms with E-state index in [4.69, 9.17) is 5.73 Å². The molecular weight excluding hydrogens is 332 g/mol. The summed E-state index contributed by atoms with van der Waals surface area (Å²) in [6, 6.07) is 6.96. The zero-order valence-corrected chi connectivity index (χ0v) is 15.5. The Hall–Kier alpha value is -2.41. The normalized spacial score (nSPS) is 15.7. The molecule has 0 unspecified atom stereocenters. The van der Waals surface area contributed by atoms with E-state index in [1.54, 1.807) is 4.90 Å².